The van der Waals surface area contributed by atoms with Gasteiger partial charge in [0.2, 0.25) is 0 Å². The van der Waals surface area contributed by atoms with Gasteiger partial charge in [0, 0.05) is 6.42 Å². The van der Waals surface area contributed by atoms with Gasteiger partial charge in [-0.05, 0) is 91.3 Å². The molecule has 0 radical (unpaired) electrons. The van der Waals surface area contributed by atoms with Gasteiger partial charge < -0.3 is 9.84 Å². The molecule has 0 aromatic rings. The SMILES string of the molecule is CCOC1=CC2=C(CO)C[C@H]3[C@@H]4CCC[C@@]4(C)CC[C@@H]3[C@@]2(C)CC1. The number of allylic oxidation sites excluding steroid dienone is 3. The van der Waals surface area contributed by atoms with Gasteiger partial charge in [0.15, 0.2) is 0 Å². The lowest BCUT2D eigenvalue weighted by molar-refractivity contribution is -0.0251. The van der Waals surface area contributed by atoms with E-state index in [0.717, 1.165) is 43.0 Å². The summed E-state index contributed by atoms with van der Waals surface area (Å²) < 4.78 is 5.84. The second-order valence-corrected chi connectivity index (χ2v) is 9.30. The summed E-state index contributed by atoms with van der Waals surface area (Å²) in [4.78, 5) is 0. The van der Waals surface area contributed by atoms with Crippen molar-refractivity contribution in [2.45, 2.75) is 72.1 Å². The fourth-order valence-electron chi connectivity index (χ4n) is 7.01. The van der Waals surface area contributed by atoms with E-state index in [-0.39, 0.29) is 12.0 Å². The van der Waals surface area contributed by atoms with Crippen molar-refractivity contribution in [1.82, 2.24) is 0 Å². The number of aliphatic hydroxyl groups is 1. The van der Waals surface area contributed by atoms with Gasteiger partial charge in [0.1, 0.15) is 0 Å². The molecule has 24 heavy (non-hydrogen) atoms. The first kappa shape index (κ1) is 16.7. The van der Waals surface area contributed by atoms with Crippen molar-refractivity contribution >= 4 is 0 Å². The van der Waals surface area contributed by atoms with Crippen molar-refractivity contribution in [2.24, 2.45) is 28.6 Å². The summed E-state index contributed by atoms with van der Waals surface area (Å²) in [6.45, 7) is 8.08. The minimum absolute atomic E-state index is 0.230. The minimum Gasteiger partial charge on any atom is -0.498 e. The maximum absolute atomic E-state index is 10.1. The Morgan fingerprint density at radius 3 is 2.75 bits per heavy atom. The smallest absolute Gasteiger partial charge is 0.0962 e. The number of rotatable bonds is 3. The zero-order valence-corrected chi connectivity index (χ0v) is 15.7. The van der Waals surface area contributed by atoms with Gasteiger partial charge >= 0.3 is 0 Å². The molecule has 0 spiro atoms. The zero-order chi connectivity index (χ0) is 16.9. The Morgan fingerprint density at radius 2 is 2.00 bits per heavy atom. The fourth-order valence-corrected chi connectivity index (χ4v) is 7.01. The Morgan fingerprint density at radius 1 is 1.17 bits per heavy atom. The summed E-state index contributed by atoms with van der Waals surface area (Å²) >= 11 is 0. The van der Waals surface area contributed by atoms with Crippen LogP contribution < -0.4 is 0 Å². The molecule has 2 saturated carbocycles. The monoisotopic (exact) mass is 330 g/mol. The van der Waals surface area contributed by atoms with Crippen molar-refractivity contribution in [3.05, 3.63) is 23.0 Å². The van der Waals surface area contributed by atoms with Gasteiger partial charge in [0.25, 0.3) is 0 Å². The largest absolute Gasteiger partial charge is 0.498 e. The Bertz CT molecular complexity index is 575. The minimum atomic E-state index is 0.230. The van der Waals surface area contributed by atoms with Crippen molar-refractivity contribution in [1.29, 1.82) is 0 Å². The van der Waals surface area contributed by atoms with Crippen molar-refractivity contribution in [3.63, 3.8) is 0 Å². The number of ether oxygens (including phenoxy) is 1. The molecule has 0 bridgehead atoms. The van der Waals surface area contributed by atoms with Crippen LogP contribution in [0.25, 0.3) is 0 Å². The van der Waals surface area contributed by atoms with E-state index in [0.29, 0.717) is 5.41 Å². The zero-order valence-electron chi connectivity index (χ0n) is 15.7. The third-order valence-corrected chi connectivity index (χ3v) is 8.23. The average Bonchev–Trinajstić information content (AvgIpc) is 2.97. The Labute approximate surface area is 147 Å². The highest BCUT2D eigenvalue weighted by Crippen LogP contribution is 2.65. The van der Waals surface area contributed by atoms with Crippen LogP contribution in [0.4, 0.5) is 0 Å². The standard InChI is InChI=1S/C22H34O2/c1-4-24-16-7-11-22(3)19-8-10-21(2)9-5-6-18(21)17(19)12-15(14-23)20(22)13-16/h13,17-19,23H,4-12,14H2,1-3H3/t17-,18-,19-,21-,22+/m0/s1. The van der Waals surface area contributed by atoms with Crippen LogP contribution in [0.5, 0.6) is 0 Å². The van der Waals surface area contributed by atoms with Crippen LogP contribution in [0.3, 0.4) is 0 Å². The fraction of sp³-hybridized carbons (Fsp3) is 0.818. The molecule has 0 aromatic carbocycles. The van der Waals surface area contributed by atoms with Gasteiger partial charge in [-0.1, -0.05) is 20.3 Å². The molecule has 2 fully saturated rings. The van der Waals surface area contributed by atoms with Crippen molar-refractivity contribution < 1.29 is 9.84 Å². The number of aliphatic hydroxyl groups excluding tert-OH is 1. The van der Waals surface area contributed by atoms with E-state index < -0.39 is 0 Å². The summed E-state index contributed by atoms with van der Waals surface area (Å²) in [6, 6.07) is 0. The molecule has 4 aliphatic rings. The molecule has 0 aromatic heterocycles. The molecule has 5 atom stereocenters. The van der Waals surface area contributed by atoms with E-state index in [1.165, 1.54) is 49.7 Å². The summed E-state index contributed by atoms with van der Waals surface area (Å²) in [5.74, 6) is 3.62. The van der Waals surface area contributed by atoms with Crippen molar-refractivity contribution in [2.75, 3.05) is 13.2 Å². The van der Waals surface area contributed by atoms with Crippen LogP contribution in [-0.4, -0.2) is 18.3 Å². The first-order valence-corrected chi connectivity index (χ1v) is 10.2. The molecular weight excluding hydrogens is 296 g/mol. The molecule has 0 aliphatic heterocycles. The Hall–Kier alpha value is -0.760. The van der Waals surface area contributed by atoms with Crippen molar-refractivity contribution in [3.8, 4) is 0 Å². The second kappa shape index (κ2) is 5.90. The van der Waals surface area contributed by atoms with E-state index in [9.17, 15) is 5.11 Å². The topological polar surface area (TPSA) is 29.5 Å². The lowest BCUT2D eigenvalue weighted by Gasteiger charge is -2.57. The Kier molecular flexibility index (Phi) is 4.10. The van der Waals surface area contributed by atoms with Crippen LogP contribution in [0, 0.1) is 28.6 Å². The van der Waals surface area contributed by atoms with E-state index in [1.807, 2.05) is 0 Å². The van der Waals surface area contributed by atoms with E-state index in [1.54, 1.807) is 0 Å². The number of fused-ring (bicyclic) bond motifs is 5. The van der Waals surface area contributed by atoms with Crippen LogP contribution in [0.1, 0.15) is 72.1 Å². The molecular formula is C22H34O2. The molecule has 1 N–H and O–H groups in total. The second-order valence-electron chi connectivity index (χ2n) is 9.30. The van der Waals surface area contributed by atoms with Crippen LogP contribution in [-0.2, 0) is 4.74 Å². The third kappa shape index (κ3) is 2.32. The molecule has 2 nitrogen and oxygen atoms in total. The predicted molar refractivity (Wildman–Crippen MR) is 97.4 cm³/mol. The maximum atomic E-state index is 10.1. The highest BCUT2D eigenvalue weighted by molar-refractivity contribution is 5.40. The lowest BCUT2D eigenvalue weighted by Crippen LogP contribution is -2.49. The summed E-state index contributed by atoms with van der Waals surface area (Å²) in [6.07, 6.45) is 12.8. The molecule has 0 heterocycles. The third-order valence-electron chi connectivity index (χ3n) is 8.23. The molecule has 2 heteroatoms. The van der Waals surface area contributed by atoms with E-state index in [2.05, 4.69) is 26.8 Å². The summed E-state index contributed by atoms with van der Waals surface area (Å²) in [5, 5.41) is 10.1. The lowest BCUT2D eigenvalue weighted by atomic mass is 9.48. The molecule has 4 aliphatic carbocycles. The van der Waals surface area contributed by atoms with E-state index >= 15 is 0 Å². The summed E-state index contributed by atoms with van der Waals surface area (Å²) in [7, 11) is 0. The van der Waals surface area contributed by atoms with Crippen LogP contribution in [0.15, 0.2) is 23.0 Å². The first-order valence-electron chi connectivity index (χ1n) is 10.2. The number of hydrogen-bond donors (Lipinski definition) is 1. The Balaban J connectivity index is 1.74. The average molecular weight is 331 g/mol. The quantitative estimate of drug-likeness (QED) is 0.767. The highest BCUT2D eigenvalue weighted by Gasteiger charge is 2.56. The van der Waals surface area contributed by atoms with Gasteiger partial charge in [-0.25, -0.2) is 0 Å². The molecule has 134 valence electrons. The molecule has 0 amide bonds. The van der Waals surface area contributed by atoms with Gasteiger partial charge in [-0.3, -0.25) is 0 Å². The van der Waals surface area contributed by atoms with Gasteiger partial charge in [0.05, 0.1) is 19.0 Å². The van der Waals surface area contributed by atoms with Gasteiger partial charge in [-0.15, -0.1) is 0 Å². The first-order chi connectivity index (χ1) is 11.5. The van der Waals surface area contributed by atoms with Gasteiger partial charge in [-0.2, -0.15) is 0 Å². The summed E-state index contributed by atoms with van der Waals surface area (Å²) in [5.41, 5.74) is 3.58. The van der Waals surface area contributed by atoms with E-state index in [4.69, 9.17) is 4.74 Å². The number of hydrogen-bond acceptors (Lipinski definition) is 2. The molecule has 0 unspecified atom stereocenters. The molecule has 0 saturated heterocycles. The normalized spacial score (nSPS) is 44.5. The van der Waals surface area contributed by atoms with Crippen LogP contribution in [0.2, 0.25) is 0 Å². The highest BCUT2D eigenvalue weighted by atomic mass is 16.5. The van der Waals surface area contributed by atoms with Crippen LogP contribution >= 0.6 is 0 Å². The maximum Gasteiger partial charge on any atom is 0.0962 e. The predicted octanol–water partition coefficient (Wildman–Crippen LogP) is 5.23. The molecule has 4 rings (SSSR count).